The van der Waals surface area contributed by atoms with Crippen molar-refractivity contribution < 1.29 is 20.1 Å². The molecule has 0 aliphatic rings. The number of hydrogen-bond donors (Lipinski definition) is 4. The normalized spacial score (nSPS) is 13.6. The van der Waals surface area contributed by atoms with Gasteiger partial charge in [-0.25, -0.2) is 0 Å². The van der Waals surface area contributed by atoms with Crippen LogP contribution in [0.5, 0.6) is 0 Å². The van der Waals surface area contributed by atoms with Crippen molar-refractivity contribution in [3.63, 3.8) is 0 Å². The summed E-state index contributed by atoms with van der Waals surface area (Å²) in [5.41, 5.74) is 0. The molecule has 0 bridgehead atoms. The average molecular weight is 708 g/mol. The van der Waals surface area contributed by atoms with Gasteiger partial charge in [0.25, 0.3) is 0 Å². The number of carbonyl (C=O) groups excluding carboxylic acids is 1. The van der Waals surface area contributed by atoms with Crippen LogP contribution in [0.1, 0.15) is 245 Å². The van der Waals surface area contributed by atoms with E-state index in [-0.39, 0.29) is 18.9 Å². The molecular weight excluding hydrogens is 618 g/mol. The molecule has 1 amide bonds. The van der Waals surface area contributed by atoms with Crippen LogP contribution in [-0.4, -0.2) is 46.1 Å². The van der Waals surface area contributed by atoms with Crippen LogP contribution in [-0.2, 0) is 4.79 Å². The number of allylic oxidation sites excluding steroid dienone is 2. The number of hydrogen-bond acceptors (Lipinski definition) is 4. The van der Waals surface area contributed by atoms with Gasteiger partial charge in [0.2, 0.25) is 5.91 Å². The number of aliphatic hydroxyl groups excluding tert-OH is 3. The van der Waals surface area contributed by atoms with E-state index in [1.54, 1.807) is 0 Å². The molecule has 0 aromatic carbocycles. The molecule has 0 spiro atoms. The summed E-state index contributed by atoms with van der Waals surface area (Å²) >= 11 is 0. The van der Waals surface area contributed by atoms with Crippen molar-refractivity contribution in [3.05, 3.63) is 12.2 Å². The molecule has 0 heterocycles. The largest absolute Gasteiger partial charge is 0.394 e. The van der Waals surface area contributed by atoms with E-state index < -0.39 is 18.2 Å². The van der Waals surface area contributed by atoms with E-state index >= 15 is 0 Å². The smallest absolute Gasteiger partial charge is 0.222 e. The van der Waals surface area contributed by atoms with Crippen molar-refractivity contribution in [3.8, 4) is 0 Å². The van der Waals surface area contributed by atoms with Crippen LogP contribution >= 0.6 is 0 Å². The zero-order chi connectivity index (χ0) is 36.6. The van der Waals surface area contributed by atoms with E-state index in [4.69, 9.17) is 0 Å². The van der Waals surface area contributed by atoms with Crippen molar-refractivity contribution in [2.45, 2.75) is 263 Å². The van der Waals surface area contributed by atoms with Crippen molar-refractivity contribution in [2.24, 2.45) is 0 Å². The fraction of sp³-hybridized carbons (Fsp3) is 0.933. The van der Waals surface area contributed by atoms with E-state index in [1.807, 2.05) is 0 Å². The topological polar surface area (TPSA) is 89.8 Å². The molecule has 3 unspecified atom stereocenters. The highest BCUT2D eigenvalue weighted by Crippen LogP contribution is 2.16. The Morgan fingerprint density at radius 2 is 0.800 bits per heavy atom. The van der Waals surface area contributed by atoms with Gasteiger partial charge in [0, 0.05) is 0 Å². The van der Waals surface area contributed by atoms with E-state index in [9.17, 15) is 20.1 Å². The average Bonchev–Trinajstić information content (AvgIpc) is 3.11. The third-order valence-corrected chi connectivity index (χ3v) is 10.6. The molecule has 0 aliphatic carbocycles. The lowest BCUT2D eigenvalue weighted by molar-refractivity contribution is -0.125. The maximum atomic E-state index is 12.5. The lowest BCUT2D eigenvalue weighted by Crippen LogP contribution is -2.46. The minimum absolute atomic E-state index is 0.0338. The highest BCUT2D eigenvalue weighted by Gasteiger charge is 2.21. The third kappa shape index (κ3) is 36.9. The van der Waals surface area contributed by atoms with Crippen molar-refractivity contribution in [2.75, 3.05) is 6.61 Å². The minimum Gasteiger partial charge on any atom is -0.394 e. The van der Waals surface area contributed by atoms with Gasteiger partial charge in [0.05, 0.1) is 31.3 Å². The zero-order valence-electron chi connectivity index (χ0n) is 33.8. The quantitative estimate of drug-likeness (QED) is 0.0376. The number of amides is 1. The molecule has 5 heteroatoms. The summed E-state index contributed by atoms with van der Waals surface area (Å²) in [6, 6.07) is -0.657. The zero-order valence-corrected chi connectivity index (χ0v) is 33.8. The van der Waals surface area contributed by atoms with Crippen molar-refractivity contribution >= 4 is 5.91 Å². The molecule has 0 saturated carbocycles. The van der Waals surface area contributed by atoms with Crippen molar-refractivity contribution in [1.29, 1.82) is 0 Å². The van der Waals surface area contributed by atoms with Gasteiger partial charge in [-0.15, -0.1) is 0 Å². The molecule has 0 aliphatic heterocycles. The molecule has 3 atom stereocenters. The molecule has 0 radical (unpaired) electrons. The Morgan fingerprint density at radius 3 is 1.16 bits per heavy atom. The summed E-state index contributed by atoms with van der Waals surface area (Å²) < 4.78 is 0. The predicted octanol–water partition coefficient (Wildman–Crippen LogP) is 12.8. The standard InChI is InChI=1S/C45H89NO4/c1-3-5-7-9-11-13-15-17-19-21-22-23-24-26-28-30-32-34-36-38-42(48)40-45(50)46-43(41-47)44(49)39-37-35-33-31-29-27-25-20-18-16-14-12-10-8-6-4-2/h23-24,42-44,47-49H,3-22,25-41H2,1-2H3,(H,46,50)/b24-23-. The lowest BCUT2D eigenvalue weighted by atomic mass is 10.0. The van der Waals surface area contributed by atoms with Gasteiger partial charge in [-0.2, -0.15) is 0 Å². The summed E-state index contributed by atoms with van der Waals surface area (Å²) in [6.45, 7) is 4.27. The molecular formula is C45H89NO4. The van der Waals surface area contributed by atoms with Gasteiger partial charge >= 0.3 is 0 Å². The number of nitrogens with one attached hydrogen (secondary N) is 1. The second-order valence-electron chi connectivity index (χ2n) is 15.7. The fourth-order valence-corrected chi connectivity index (χ4v) is 7.11. The Balaban J connectivity index is 3.61. The Labute approximate surface area is 312 Å². The highest BCUT2D eigenvalue weighted by molar-refractivity contribution is 5.76. The fourth-order valence-electron chi connectivity index (χ4n) is 7.11. The van der Waals surface area contributed by atoms with Gasteiger partial charge in [-0.05, 0) is 38.5 Å². The summed E-state index contributed by atoms with van der Waals surface area (Å²) in [5, 5.41) is 33.4. The van der Waals surface area contributed by atoms with E-state index in [2.05, 4.69) is 31.3 Å². The molecule has 4 N–H and O–H groups in total. The van der Waals surface area contributed by atoms with E-state index in [0.29, 0.717) is 12.8 Å². The van der Waals surface area contributed by atoms with Gasteiger partial charge in [0.1, 0.15) is 0 Å². The Bertz CT molecular complexity index is 699. The van der Waals surface area contributed by atoms with Crippen molar-refractivity contribution in [1.82, 2.24) is 5.32 Å². The van der Waals surface area contributed by atoms with Gasteiger partial charge < -0.3 is 20.6 Å². The first-order valence-electron chi connectivity index (χ1n) is 22.5. The molecule has 0 saturated heterocycles. The molecule has 0 aromatic rings. The molecule has 50 heavy (non-hydrogen) atoms. The van der Waals surface area contributed by atoms with Crippen LogP contribution < -0.4 is 5.32 Å². The lowest BCUT2D eigenvalue weighted by Gasteiger charge is -2.23. The van der Waals surface area contributed by atoms with E-state index in [1.165, 1.54) is 180 Å². The monoisotopic (exact) mass is 708 g/mol. The first kappa shape index (κ1) is 49.1. The SMILES string of the molecule is CCCCCCCCCCCC/C=C\CCCCCCCC(O)CC(=O)NC(CO)C(O)CCCCCCCCCCCCCCCCCC. The molecule has 5 nitrogen and oxygen atoms in total. The summed E-state index contributed by atoms with van der Waals surface area (Å²) in [6.07, 6.45) is 47.5. The summed E-state index contributed by atoms with van der Waals surface area (Å²) in [7, 11) is 0. The van der Waals surface area contributed by atoms with Crippen LogP contribution in [0, 0.1) is 0 Å². The van der Waals surface area contributed by atoms with Crippen LogP contribution in [0.3, 0.4) is 0 Å². The highest BCUT2D eigenvalue weighted by atomic mass is 16.3. The number of unbranched alkanes of at least 4 members (excludes halogenated alkanes) is 30. The van der Waals surface area contributed by atoms with Crippen LogP contribution in [0.15, 0.2) is 12.2 Å². The molecule has 298 valence electrons. The maximum absolute atomic E-state index is 12.5. The van der Waals surface area contributed by atoms with Gasteiger partial charge in [-0.3, -0.25) is 4.79 Å². The molecule has 0 fully saturated rings. The molecule has 0 rings (SSSR count). The van der Waals surface area contributed by atoms with Crippen LogP contribution in [0.2, 0.25) is 0 Å². The van der Waals surface area contributed by atoms with Crippen LogP contribution in [0.4, 0.5) is 0 Å². The third-order valence-electron chi connectivity index (χ3n) is 10.6. The molecule has 0 aromatic heterocycles. The summed E-state index contributed by atoms with van der Waals surface area (Å²) in [4.78, 5) is 12.5. The predicted molar refractivity (Wildman–Crippen MR) is 218 cm³/mol. The van der Waals surface area contributed by atoms with Gasteiger partial charge in [-0.1, -0.05) is 212 Å². The Morgan fingerprint density at radius 1 is 0.480 bits per heavy atom. The Kier molecular flexibility index (Phi) is 40.1. The first-order valence-corrected chi connectivity index (χ1v) is 22.5. The summed E-state index contributed by atoms with van der Waals surface area (Å²) in [5.74, 6) is -0.285. The number of rotatable bonds is 41. The van der Waals surface area contributed by atoms with E-state index in [0.717, 1.165) is 32.1 Å². The van der Waals surface area contributed by atoms with Crippen LogP contribution in [0.25, 0.3) is 0 Å². The first-order chi connectivity index (χ1) is 24.5. The Hall–Kier alpha value is -0.910. The second-order valence-corrected chi connectivity index (χ2v) is 15.7. The number of aliphatic hydroxyl groups is 3. The maximum Gasteiger partial charge on any atom is 0.222 e. The number of carbonyl (C=O) groups is 1. The van der Waals surface area contributed by atoms with Gasteiger partial charge in [0.15, 0.2) is 0 Å². The minimum atomic E-state index is -0.748. The second kappa shape index (κ2) is 40.9.